The van der Waals surface area contributed by atoms with Crippen LogP contribution in [-0.2, 0) is 4.79 Å². The zero-order chi connectivity index (χ0) is 20.9. The van der Waals surface area contributed by atoms with Crippen molar-refractivity contribution in [3.63, 3.8) is 0 Å². The predicted molar refractivity (Wildman–Crippen MR) is 115 cm³/mol. The lowest BCUT2D eigenvalue weighted by Gasteiger charge is -2.36. The number of anilines is 1. The van der Waals surface area contributed by atoms with Gasteiger partial charge in [-0.3, -0.25) is 14.6 Å². The van der Waals surface area contributed by atoms with Gasteiger partial charge in [-0.1, -0.05) is 18.2 Å². The molecule has 1 saturated heterocycles. The Balaban J connectivity index is 1.23. The maximum absolute atomic E-state index is 12.9. The normalized spacial score (nSPS) is 26.5. The average Bonchev–Trinajstić information content (AvgIpc) is 3.44. The number of allylic oxidation sites excluding steroid dienone is 2. The van der Waals surface area contributed by atoms with Crippen LogP contribution in [0, 0.1) is 0 Å². The summed E-state index contributed by atoms with van der Waals surface area (Å²) in [5.41, 5.74) is 1.61. The lowest BCUT2D eigenvalue weighted by molar-refractivity contribution is -0.143. The topological polar surface area (TPSA) is 76.5 Å². The summed E-state index contributed by atoms with van der Waals surface area (Å²) in [6, 6.07) is 7.84. The highest BCUT2D eigenvalue weighted by molar-refractivity contribution is 6.06. The van der Waals surface area contributed by atoms with Gasteiger partial charge in [0, 0.05) is 37.4 Å². The van der Waals surface area contributed by atoms with Crippen molar-refractivity contribution in [3.8, 4) is 0 Å². The second kappa shape index (κ2) is 7.09. The Morgan fingerprint density at radius 2 is 1.70 bits per heavy atom. The Morgan fingerprint density at radius 3 is 2.37 bits per heavy atom. The Bertz CT molecular complexity index is 953. The maximum atomic E-state index is 12.9. The molecule has 2 amide bonds. The molecular weight excluding hydrogens is 380 g/mol. The summed E-state index contributed by atoms with van der Waals surface area (Å²) in [5.74, 6) is -0.211. The van der Waals surface area contributed by atoms with Crippen molar-refractivity contribution in [1.29, 1.82) is 0 Å². The van der Waals surface area contributed by atoms with Crippen LogP contribution < -0.4 is 4.90 Å². The second-order valence-corrected chi connectivity index (χ2v) is 8.44. The first kappa shape index (κ1) is 19.1. The number of carbonyl (C=O) groups is 2. The molecule has 7 heteroatoms. The van der Waals surface area contributed by atoms with Gasteiger partial charge >= 0.3 is 0 Å². The average molecular weight is 406 g/mol. The third kappa shape index (κ3) is 3.23. The van der Waals surface area contributed by atoms with Crippen LogP contribution in [0.4, 0.5) is 5.69 Å². The Labute approximate surface area is 176 Å². The molecule has 156 valence electrons. The third-order valence-corrected chi connectivity index (χ3v) is 6.40. The van der Waals surface area contributed by atoms with Crippen molar-refractivity contribution >= 4 is 23.2 Å². The minimum absolute atomic E-state index is 0.0225. The van der Waals surface area contributed by atoms with Crippen LogP contribution in [0.5, 0.6) is 0 Å². The van der Waals surface area contributed by atoms with Gasteiger partial charge in [0.15, 0.2) is 0 Å². The lowest BCUT2D eigenvalue weighted by atomic mass is 10.0. The largest absolute Gasteiger partial charge is 0.380 e. The van der Waals surface area contributed by atoms with Crippen LogP contribution in [0.3, 0.4) is 0 Å². The molecule has 2 heterocycles. The highest BCUT2D eigenvalue weighted by Gasteiger charge is 2.50. The van der Waals surface area contributed by atoms with Crippen molar-refractivity contribution in [2.45, 2.75) is 37.6 Å². The van der Waals surface area contributed by atoms with E-state index in [0.717, 1.165) is 11.4 Å². The van der Waals surface area contributed by atoms with E-state index in [0.29, 0.717) is 44.6 Å². The zero-order valence-electron chi connectivity index (χ0n) is 17.1. The summed E-state index contributed by atoms with van der Waals surface area (Å²) in [4.78, 5) is 35.6. The molecule has 4 aliphatic rings. The fourth-order valence-corrected chi connectivity index (χ4v) is 4.46. The Morgan fingerprint density at radius 1 is 1.03 bits per heavy atom. The van der Waals surface area contributed by atoms with E-state index in [1.165, 1.54) is 0 Å². The summed E-state index contributed by atoms with van der Waals surface area (Å²) in [6.07, 6.45) is 9.38. The molecule has 1 saturated carbocycles. The number of benzene rings is 1. The van der Waals surface area contributed by atoms with Crippen molar-refractivity contribution in [2.75, 3.05) is 31.1 Å². The van der Waals surface area contributed by atoms with Gasteiger partial charge in [-0.2, -0.15) is 0 Å². The number of amides is 2. The molecule has 0 radical (unpaired) electrons. The number of rotatable bonds is 3. The van der Waals surface area contributed by atoms with Gasteiger partial charge in [-0.05, 0) is 50.1 Å². The highest BCUT2D eigenvalue weighted by Crippen LogP contribution is 2.37. The van der Waals surface area contributed by atoms with Gasteiger partial charge in [0.2, 0.25) is 0 Å². The monoisotopic (exact) mass is 406 g/mol. The molecule has 5 rings (SSSR count). The van der Waals surface area contributed by atoms with Crippen LogP contribution in [0.1, 0.15) is 30.1 Å². The van der Waals surface area contributed by atoms with E-state index >= 15 is 0 Å². The van der Waals surface area contributed by atoms with E-state index in [9.17, 15) is 14.7 Å². The van der Waals surface area contributed by atoms with Gasteiger partial charge in [-0.25, -0.2) is 0 Å². The fraction of sp³-hybridized carbons (Fsp3) is 0.435. The lowest BCUT2D eigenvalue weighted by Crippen LogP contribution is -2.53. The minimum Gasteiger partial charge on any atom is -0.380 e. The highest BCUT2D eigenvalue weighted by atomic mass is 16.3. The van der Waals surface area contributed by atoms with E-state index in [-0.39, 0.29) is 24.0 Å². The van der Waals surface area contributed by atoms with Crippen molar-refractivity contribution in [2.24, 2.45) is 4.99 Å². The predicted octanol–water partition coefficient (Wildman–Crippen LogP) is 1.60. The Kier molecular flexibility index (Phi) is 4.50. The fourth-order valence-electron chi connectivity index (χ4n) is 4.46. The first-order valence-corrected chi connectivity index (χ1v) is 10.6. The van der Waals surface area contributed by atoms with Gasteiger partial charge in [0.1, 0.15) is 11.8 Å². The number of hydrogen-bond acceptors (Lipinski definition) is 5. The first-order chi connectivity index (χ1) is 14.5. The first-order valence-electron chi connectivity index (χ1n) is 10.6. The van der Waals surface area contributed by atoms with E-state index in [2.05, 4.69) is 17.9 Å². The molecular formula is C23H26N4O3. The molecule has 2 aliphatic heterocycles. The number of fused-ring (bicyclic) bond motifs is 1. The number of aliphatic imine (C=N–C) groups is 1. The van der Waals surface area contributed by atoms with Crippen LogP contribution in [0.25, 0.3) is 0 Å². The maximum Gasteiger partial charge on any atom is 0.254 e. The minimum atomic E-state index is -1.14. The molecule has 0 spiro atoms. The molecule has 7 nitrogen and oxygen atoms in total. The van der Waals surface area contributed by atoms with E-state index < -0.39 is 5.60 Å². The third-order valence-electron chi connectivity index (χ3n) is 6.40. The van der Waals surface area contributed by atoms with Crippen LogP contribution >= 0.6 is 0 Å². The summed E-state index contributed by atoms with van der Waals surface area (Å²) in [7, 11) is 0. The van der Waals surface area contributed by atoms with Crippen LogP contribution in [0.15, 0.2) is 53.6 Å². The van der Waals surface area contributed by atoms with Gasteiger partial charge in [-0.15, -0.1) is 0 Å². The van der Waals surface area contributed by atoms with Crippen molar-refractivity contribution in [3.05, 3.63) is 54.1 Å². The molecule has 2 atom stereocenters. The van der Waals surface area contributed by atoms with Gasteiger partial charge in [0.25, 0.3) is 11.8 Å². The molecule has 1 aromatic carbocycles. The summed E-state index contributed by atoms with van der Waals surface area (Å²) >= 11 is 0. The zero-order valence-corrected chi connectivity index (χ0v) is 17.1. The molecule has 1 aromatic rings. The number of carbonyl (C=O) groups excluding carboxylic acids is 2. The van der Waals surface area contributed by atoms with Crippen LogP contribution in [-0.4, -0.2) is 76.4 Å². The second-order valence-electron chi connectivity index (χ2n) is 8.44. The van der Waals surface area contributed by atoms with Gasteiger partial charge in [0.05, 0.1) is 11.8 Å². The molecule has 2 aliphatic carbocycles. The van der Waals surface area contributed by atoms with E-state index in [4.69, 9.17) is 4.99 Å². The standard InChI is InChI=1S/C23H26N4O3/c1-16-24-19-4-2-3-5-20(19)27(16)18-8-6-17(7-9-18)21(28)25-12-14-26(15-13-25)22(29)23(30)10-11-23/h2-9,16,20,30H,10-15H2,1H3. The molecule has 2 unspecified atom stereocenters. The summed E-state index contributed by atoms with van der Waals surface area (Å²) in [5, 5.41) is 10.0. The van der Waals surface area contributed by atoms with Crippen LogP contribution in [0.2, 0.25) is 0 Å². The summed E-state index contributed by atoms with van der Waals surface area (Å²) in [6.45, 7) is 3.99. The number of piperazine rings is 1. The molecule has 30 heavy (non-hydrogen) atoms. The SMILES string of the molecule is CC1N=C2C=CC=CC2N1c1ccc(C(=O)N2CCN(C(=O)C3(O)CC3)CC2)cc1. The quantitative estimate of drug-likeness (QED) is 0.827. The molecule has 1 N–H and O–H groups in total. The number of hydrogen-bond donors (Lipinski definition) is 1. The van der Waals surface area contributed by atoms with Crippen molar-refractivity contribution in [1.82, 2.24) is 9.80 Å². The van der Waals surface area contributed by atoms with Gasteiger partial charge < -0.3 is 19.8 Å². The molecule has 0 aromatic heterocycles. The Hall–Kier alpha value is -2.93. The number of nitrogens with zero attached hydrogens (tertiary/aromatic N) is 4. The van der Waals surface area contributed by atoms with E-state index in [1.807, 2.05) is 42.5 Å². The molecule has 2 fully saturated rings. The summed E-state index contributed by atoms with van der Waals surface area (Å²) < 4.78 is 0. The smallest absolute Gasteiger partial charge is 0.254 e. The van der Waals surface area contributed by atoms with Crippen molar-refractivity contribution < 1.29 is 14.7 Å². The number of aliphatic hydroxyl groups is 1. The molecule has 0 bridgehead atoms. The van der Waals surface area contributed by atoms with E-state index in [1.54, 1.807) is 9.80 Å².